The number of ether oxygens (including phenoxy) is 1. The lowest BCUT2D eigenvalue weighted by atomic mass is 9.75. The van der Waals surface area contributed by atoms with Crippen LogP contribution in [0.3, 0.4) is 0 Å². The number of nitrogens with zero attached hydrogens (tertiary/aromatic N) is 1. The van der Waals surface area contributed by atoms with E-state index in [1.807, 2.05) is 30.3 Å². The molecule has 0 radical (unpaired) electrons. The Kier molecular flexibility index (Phi) is 6.35. The summed E-state index contributed by atoms with van der Waals surface area (Å²) in [7, 11) is 0. The number of nitriles is 1. The largest absolute Gasteiger partial charge is 0.480 e. The van der Waals surface area contributed by atoms with Crippen LogP contribution in [0.1, 0.15) is 50.4 Å². The summed E-state index contributed by atoms with van der Waals surface area (Å²) in [6, 6.07) is 9.36. The maximum absolute atomic E-state index is 12.9. The van der Waals surface area contributed by atoms with Gasteiger partial charge in [-0.25, -0.2) is 0 Å². The summed E-state index contributed by atoms with van der Waals surface area (Å²) in [4.78, 5) is 25.1. The van der Waals surface area contributed by atoms with Crippen molar-refractivity contribution in [2.45, 2.75) is 46.1 Å². The van der Waals surface area contributed by atoms with Crippen molar-refractivity contribution in [1.82, 2.24) is 5.32 Å². The van der Waals surface area contributed by atoms with Crippen molar-refractivity contribution in [1.29, 1.82) is 5.26 Å². The molecule has 1 aliphatic carbocycles. The molecule has 0 unspecified atom stereocenters. The number of Topliss-reactive ketones (excluding diaryl/α,β-unsaturated/α-hetero) is 1. The third-order valence-electron chi connectivity index (χ3n) is 5.54. The molecule has 0 saturated heterocycles. The molecule has 0 spiro atoms. The summed E-state index contributed by atoms with van der Waals surface area (Å²) < 4.78 is 7.36. The number of rotatable bonds is 6. The number of benzene rings is 1. The lowest BCUT2D eigenvalue weighted by molar-refractivity contribution is -0.116. The molecule has 3 atom stereocenters. The van der Waals surface area contributed by atoms with E-state index in [9.17, 15) is 9.59 Å². The number of hydrogen-bond acceptors (Lipinski definition) is 5. The number of carbonyl (C=O) groups excluding carboxylic acids is 2. The van der Waals surface area contributed by atoms with Crippen molar-refractivity contribution in [2.24, 2.45) is 17.8 Å². The van der Waals surface area contributed by atoms with Crippen LogP contribution < -0.4 is 10.1 Å². The van der Waals surface area contributed by atoms with E-state index in [-0.39, 0.29) is 12.6 Å². The second-order valence-electron chi connectivity index (χ2n) is 7.91. The maximum atomic E-state index is 12.9. The fourth-order valence-electron chi connectivity index (χ4n) is 4.02. The summed E-state index contributed by atoms with van der Waals surface area (Å²) in [5.41, 5.74) is 0.316. The molecule has 28 heavy (non-hydrogen) atoms. The van der Waals surface area contributed by atoms with Gasteiger partial charge in [-0.1, -0.05) is 56.7 Å². The fraction of sp³-hybridized carbons (Fsp3) is 0.500. The van der Waals surface area contributed by atoms with Crippen molar-refractivity contribution < 1.29 is 14.3 Å². The van der Waals surface area contributed by atoms with Crippen LogP contribution in [-0.2, 0) is 4.79 Å². The zero-order chi connectivity index (χ0) is 20.3. The van der Waals surface area contributed by atoms with E-state index in [2.05, 4.69) is 26.1 Å². The van der Waals surface area contributed by atoms with Crippen LogP contribution in [-0.4, -0.2) is 24.3 Å². The van der Waals surface area contributed by atoms with E-state index < -0.39 is 11.7 Å². The van der Waals surface area contributed by atoms with Crippen molar-refractivity contribution in [3.63, 3.8) is 0 Å². The first-order chi connectivity index (χ1) is 13.4. The molecule has 5 nitrogen and oxygen atoms in total. The first-order valence-corrected chi connectivity index (χ1v) is 10.6. The molecule has 1 heterocycles. The Morgan fingerprint density at radius 3 is 2.79 bits per heavy atom. The van der Waals surface area contributed by atoms with Gasteiger partial charge in [0, 0.05) is 10.1 Å². The third-order valence-corrected chi connectivity index (χ3v) is 6.61. The Balaban J connectivity index is 1.97. The molecule has 2 aromatic rings. The SMILES string of the molecule is CC(C)[C@H]1CC[C@H](C)C[C@@H]1Oc1sc2ccccc2c1C(=O)C(=O)NCC#N. The monoisotopic (exact) mass is 398 g/mol. The van der Waals surface area contributed by atoms with Crippen LogP contribution in [0.25, 0.3) is 10.1 Å². The Morgan fingerprint density at radius 2 is 2.07 bits per heavy atom. The van der Waals surface area contributed by atoms with E-state index in [4.69, 9.17) is 10.00 Å². The quantitative estimate of drug-likeness (QED) is 0.439. The summed E-state index contributed by atoms with van der Waals surface area (Å²) in [6.45, 7) is 6.46. The van der Waals surface area contributed by atoms with Crippen molar-refractivity contribution in [3.8, 4) is 11.1 Å². The van der Waals surface area contributed by atoms with Crippen molar-refractivity contribution >= 4 is 33.1 Å². The highest BCUT2D eigenvalue weighted by atomic mass is 32.1. The fourth-order valence-corrected chi connectivity index (χ4v) is 5.13. The average Bonchev–Trinajstić information content (AvgIpc) is 3.03. The summed E-state index contributed by atoms with van der Waals surface area (Å²) >= 11 is 1.41. The number of hydrogen-bond donors (Lipinski definition) is 1. The molecule has 0 bridgehead atoms. The molecular formula is C22H26N2O3S. The van der Waals surface area contributed by atoms with E-state index in [0.717, 1.165) is 22.9 Å². The highest BCUT2D eigenvalue weighted by molar-refractivity contribution is 7.21. The van der Waals surface area contributed by atoms with Gasteiger partial charge in [0.05, 0.1) is 11.6 Å². The molecule has 148 valence electrons. The molecular weight excluding hydrogens is 372 g/mol. The zero-order valence-corrected chi connectivity index (χ0v) is 17.3. The summed E-state index contributed by atoms with van der Waals surface area (Å²) in [5, 5.41) is 12.3. The molecule has 1 aromatic heterocycles. The molecule has 1 aliphatic rings. The van der Waals surface area contributed by atoms with Gasteiger partial charge < -0.3 is 10.1 Å². The molecule has 3 rings (SSSR count). The van der Waals surface area contributed by atoms with Gasteiger partial charge in [0.2, 0.25) is 0 Å². The van der Waals surface area contributed by atoms with Gasteiger partial charge in [0.1, 0.15) is 12.6 Å². The van der Waals surface area contributed by atoms with Crippen LogP contribution in [0, 0.1) is 29.1 Å². The summed E-state index contributed by atoms with van der Waals surface area (Å²) in [5.74, 6) is 0.0780. The number of fused-ring (bicyclic) bond motifs is 1. The Labute approximate surface area is 169 Å². The highest BCUT2D eigenvalue weighted by Crippen LogP contribution is 2.42. The van der Waals surface area contributed by atoms with E-state index >= 15 is 0 Å². The van der Waals surface area contributed by atoms with E-state index in [1.165, 1.54) is 17.8 Å². The number of carbonyl (C=O) groups is 2. The first-order valence-electron chi connectivity index (χ1n) is 9.80. The topological polar surface area (TPSA) is 79.2 Å². The lowest BCUT2D eigenvalue weighted by Gasteiger charge is -2.37. The smallest absolute Gasteiger partial charge is 0.293 e. The van der Waals surface area contributed by atoms with Crippen LogP contribution in [0.5, 0.6) is 5.06 Å². The molecule has 1 N–H and O–H groups in total. The first kappa shape index (κ1) is 20.3. The minimum Gasteiger partial charge on any atom is -0.480 e. The number of thiophene rings is 1. The second-order valence-corrected chi connectivity index (χ2v) is 8.93. The van der Waals surface area contributed by atoms with Gasteiger partial charge in [-0.05, 0) is 36.7 Å². The molecule has 1 fully saturated rings. The van der Waals surface area contributed by atoms with Crippen LogP contribution in [0.2, 0.25) is 0 Å². The van der Waals surface area contributed by atoms with Gasteiger partial charge in [-0.15, -0.1) is 0 Å². The normalized spacial score (nSPS) is 22.0. The molecule has 1 amide bonds. The molecule has 6 heteroatoms. The maximum Gasteiger partial charge on any atom is 0.293 e. The predicted molar refractivity (Wildman–Crippen MR) is 111 cm³/mol. The standard InChI is InChI=1S/C22H26N2O3S/c1-13(2)15-9-8-14(3)12-17(15)27-22-19(20(25)21(26)24-11-10-23)16-6-4-5-7-18(16)28-22/h4-7,13-15,17H,8-9,11-12H2,1-3H3,(H,24,26)/t14-,15+,17-/m0/s1. The highest BCUT2D eigenvalue weighted by Gasteiger charge is 2.34. The third kappa shape index (κ3) is 4.20. The van der Waals surface area contributed by atoms with Gasteiger partial charge in [0.15, 0.2) is 5.06 Å². The minimum atomic E-state index is -0.771. The van der Waals surface area contributed by atoms with E-state index in [1.54, 1.807) is 0 Å². The Bertz CT molecular complexity index is 912. The number of ketones is 1. The van der Waals surface area contributed by atoms with Gasteiger partial charge in [0.25, 0.3) is 11.7 Å². The summed E-state index contributed by atoms with van der Waals surface area (Å²) in [6.07, 6.45) is 3.29. The zero-order valence-electron chi connectivity index (χ0n) is 16.5. The van der Waals surface area contributed by atoms with E-state index in [0.29, 0.717) is 28.4 Å². The molecule has 1 saturated carbocycles. The Hall–Kier alpha value is -2.39. The van der Waals surface area contributed by atoms with Crippen LogP contribution in [0.4, 0.5) is 0 Å². The average molecular weight is 399 g/mol. The Morgan fingerprint density at radius 1 is 1.32 bits per heavy atom. The van der Waals surface area contributed by atoms with Gasteiger partial charge >= 0.3 is 0 Å². The molecule has 0 aliphatic heterocycles. The number of nitrogens with one attached hydrogen (secondary N) is 1. The van der Waals surface area contributed by atoms with Crippen LogP contribution in [0.15, 0.2) is 24.3 Å². The number of amides is 1. The second kappa shape index (κ2) is 8.74. The van der Waals surface area contributed by atoms with Crippen molar-refractivity contribution in [2.75, 3.05) is 6.54 Å². The predicted octanol–water partition coefficient (Wildman–Crippen LogP) is 4.56. The lowest BCUT2D eigenvalue weighted by Crippen LogP contribution is -2.37. The van der Waals surface area contributed by atoms with Crippen LogP contribution >= 0.6 is 11.3 Å². The molecule has 1 aromatic carbocycles. The van der Waals surface area contributed by atoms with Gasteiger partial charge in [-0.2, -0.15) is 5.26 Å². The van der Waals surface area contributed by atoms with Gasteiger partial charge in [-0.3, -0.25) is 9.59 Å². The van der Waals surface area contributed by atoms with Crippen molar-refractivity contribution in [3.05, 3.63) is 29.8 Å². The minimum absolute atomic E-state index is 0.0329.